The molecular formula is C11H17N3O3. The Kier molecular flexibility index (Phi) is 4.71. The van der Waals surface area contributed by atoms with Crippen molar-refractivity contribution >= 4 is 11.4 Å². The molecule has 0 radical (unpaired) electrons. The third kappa shape index (κ3) is 3.92. The van der Waals surface area contributed by atoms with E-state index >= 15 is 0 Å². The van der Waals surface area contributed by atoms with Crippen molar-refractivity contribution in [2.45, 2.75) is 0 Å². The van der Waals surface area contributed by atoms with E-state index in [4.69, 9.17) is 4.74 Å². The van der Waals surface area contributed by atoms with Gasteiger partial charge in [-0.2, -0.15) is 0 Å². The zero-order valence-corrected chi connectivity index (χ0v) is 10.3. The summed E-state index contributed by atoms with van der Waals surface area (Å²) in [5.74, 6) is 0.484. The maximum atomic E-state index is 10.6. The first kappa shape index (κ1) is 13.2. The molecule has 1 N–H and O–H groups in total. The number of nitrogens with zero attached hydrogens (tertiary/aromatic N) is 2. The highest BCUT2D eigenvalue weighted by Gasteiger charge is 2.10. The number of hydrogen-bond acceptors (Lipinski definition) is 5. The van der Waals surface area contributed by atoms with E-state index in [1.165, 1.54) is 19.2 Å². The van der Waals surface area contributed by atoms with E-state index in [1.807, 2.05) is 19.0 Å². The summed E-state index contributed by atoms with van der Waals surface area (Å²) in [5.41, 5.74) is 0.792. The van der Waals surface area contributed by atoms with Crippen LogP contribution >= 0.6 is 0 Å². The van der Waals surface area contributed by atoms with E-state index in [1.54, 1.807) is 6.07 Å². The van der Waals surface area contributed by atoms with Gasteiger partial charge in [-0.1, -0.05) is 0 Å². The van der Waals surface area contributed by atoms with E-state index in [2.05, 4.69) is 5.32 Å². The number of ether oxygens (including phenoxy) is 1. The number of rotatable bonds is 6. The number of anilines is 1. The molecule has 0 atom stereocenters. The van der Waals surface area contributed by atoms with Crippen molar-refractivity contribution in [2.75, 3.05) is 39.6 Å². The van der Waals surface area contributed by atoms with Crippen LogP contribution in [0.5, 0.6) is 5.75 Å². The zero-order chi connectivity index (χ0) is 12.8. The van der Waals surface area contributed by atoms with Gasteiger partial charge in [0, 0.05) is 19.2 Å². The molecule has 0 aromatic heterocycles. The molecule has 0 amide bonds. The number of benzene rings is 1. The zero-order valence-electron chi connectivity index (χ0n) is 10.3. The first-order valence-corrected chi connectivity index (χ1v) is 5.25. The number of methoxy groups -OCH3 is 1. The van der Waals surface area contributed by atoms with Gasteiger partial charge in [0.05, 0.1) is 23.8 Å². The lowest BCUT2D eigenvalue weighted by molar-refractivity contribution is -0.384. The first-order valence-electron chi connectivity index (χ1n) is 5.25. The van der Waals surface area contributed by atoms with E-state index in [0.717, 1.165) is 18.8 Å². The molecule has 6 nitrogen and oxygen atoms in total. The Morgan fingerprint density at radius 3 is 2.71 bits per heavy atom. The topological polar surface area (TPSA) is 67.6 Å². The van der Waals surface area contributed by atoms with Crippen LogP contribution in [0.3, 0.4) is 0 Å². The van der Waals surface area contributed by atoms with Crippen molar-refractivity contribution in [3.05, 3.63) is 28.3 Å². The normalized spacial score (nSPS) is 10.4. The van der Waals surface area contributed by atoms with Crippen LogP contribution in [0, 0.1) is 10.1 Å². The lowest BCUT2D eigenvalue weighted by Crippen LogP contribution is -2.20. The number of non-ortho nitro benzene ring substituents is 1. The summed E-state index contributed by atoms with van der Waals surface area (Å²) in [6, 6.07) is 4.53. The van der Waals surface area contributed by atoms with Gasteiger partial charge >= 0.3 is 0 Å². The van der Waals surface area contributed by atoms with Gasteiger partial charge < -0.3 is 15.0 Å². The van der Waals surface area contributed by atoms with Gasteiger partial charge in [-0.25, -0.2) is 0 Å². The lowest BCUT2D eigenvalue weighted by atomic mass is 10.2. The van der Waals surface area contributed by atoms with Crippen molar-refractivity contribution in [2.24, 2.45) is 0 Å². The molecule has 94 valence electrons. The molecule has 6 heteroatoms. The number of nitrogens with one attached hydrogen (secondary N) is 1. The molecule has 0 aliphatic heterocycles. The Bertz CT molecular complexity index is 394. The third-order valence-corrected chi connectivity index (χ3v) is 2.27. The van der Waals surface area contributed by atoms with Crippen LogP contribution < -0.4 is 10.1 Å². The van der Waals surface area contributed by atoms with Crippen molar-refractivity contribution in [3.8, 4) is 5.75 Å². The Hall–Kier alpha value is -1.82. The largest absolute Gasteiger partial charge is 0.494 e. The standard InChI is InChI=1S/C11H17N3O3/c1-13(2)7-6-12-10-5-4-9(14(15)16)8-11(10)17-3/h4-5,8,12H,6-7H2,1-3H3. The molecule has 0 aliphatic carbocycles. The molecule has 0 saturated heterocycles. The fraction of sp³-hybridized carbons (Fsp3) is 0.455. The number of nitro groups is 1. The molecule has 1 aromatic carbocycles. The van der Waals surface area contributed by atoms with Gasteiger partial charge in [0.2, 0.25) is 0 Å². The molecule has 1 rings (SSSR count). The summed E-state index contributed by atoms with van der Waals surface area (Å²) in [5, 5.41) is 13.8. The van der Waals surface area contributed by atoms with Crippen LogP contribution in [-0.2, 0) is 0 Å². The van der Waals surface area contributed by atoms with E-state index in [-0.39, 0.29) is 5.69 Å². The molecule has 0 heterocycles. The quantitative estimate of drug-likeness (QED) is 0.603. The summed E-state index contributed by atoms with van der Waals surface area (Å²) in [4.78, 5) is 12.2. The van der Waals surface area contributed by atoms with E-state index in [9.17, 15) is 10.1 Å². The van der Waals surface area contributed by atoms with Gasteiger partial charge in [-0.3, -0.25) is 10.1 Å². The van der Waals surface area contributed by atoms with Gasteiger partial charge in [-0.15, -0.1) is 0 Å². The minimum Gasteiger partial charge on any atom is -0.494 e. The third-order valence-electron chi connectivity index (χ3n) is 2.27. The summed E-state index contributed by atoms with van der Waals surface area (Å²) >= 11 is 0. The molecular weight excluding hydrogens is 222 g/mol. The Morgan fingerprint density at radius 1 is 1.47 bits per heavy atom. The van der Waals surface area contributed by atoms with Crippen molar-refractivity contribution in [3.63, 3.8) is 0 Å². The minimum absolute atomic E-state index is 0.0278. The molecule has 17 heavy (non-hydrogen) atoms. The van der Waals surface area contributed by atoms with Crippen LogP contribution in [-0.4, -0.2) is 44.1 Å². The second-order valence-electron chi connectivity index (χ2n) is 3.87. The number of hydrogen-bond donors (Lipinski definition) is 1. The molecule has 0 aliphatic rings. The van der Waals surface area contributed by atoms with Crippen LogP contribution in [0.1, 0.15) is 0 Å². The summed E-state index contributed by atoms with van der Waals surface area (Å²) in [6.45, 7) is 1.63. The predicted molar refractivity (Wildman–Crippen MR) is 66.7 cm³/mol. The van der Waals surface area contributed by atoms with Gasteiger partial charge in [0.15, 0.2) is 0 Å². The second-order valence-corrected chi connectivity index (χ2v) is 3.87. The first-order chi connectivity index (χ1) is 8.04. The fourth-order valence-electron chi connectivity index (χ4n) is 1.35. The van der Waals surface area contributed by atoms with Crippen LogP contribution in [0.25, 0.3) is 0 Å². The number of likely N-dealkylation sites (N-methyl/N-ethyl adjacent to an activating group) is 1. The van der Waals surface area contributed by atoms with Gasteiger partial charge in [0.1, 0.15) is 5.75 Å². The molecule has 0 bridgehead atoms. The molecule has 0 fully saturated rings. The Balaban J connectivity index is 2.75. The second kappa shape index (κ2) is 6.05. The van der Waals surface area contributed by atoms with Crippen molar-refractivity contribution < 1.29 is 9.66 Å². The molecule has 1 aromatic rings. The SMILES string of the molecule is COc1cc([N+](=O)[O-])ccc1NCCN(C)C. The van der Waals surface area contributed by atoms with Crippen LogP contribution in [0.2, 0.25) is 0 Å². The summed E-state index contributed by atoms with van der Waals surface area (Å²) < 4.78 is 5.11. The average Bonchev–Trinajstić information content (AvgIpc) is 2.28. The predicted octanol–water partition coefficient (Wildman–Crippen LogP) is 1.58. The van der Waals surface area contributed by atoms with Gasteiger partial charge in [0.25, 0.3) is 5.69 Å². The average molecular weight is 239 g/mol. The van der Waals surface area contributed by atoms with Crippen LogP contribution in [0.4, 0.5) is 11.4 Å². The monoisotopic (exact) mass is 239 g/mol. The highest BCUT2D eigenvalue weighted by molar-refractivity contribution is 5.60. The molecule has 0 unspecified atom stereocenters. The highest BCUT2D eigenvalue weighted by Crippen LogP contribution is 2.28. The molecule has 0 spiro atoms. The maximum Gasteiger partial charge on any atom is 0.273 e. The fourth-order valence-corrected chi connectivity index (χ4v) is 1.35. The smallest absolute Gasteiger partial charge is 0.273 e. The summed E-state index contributed by atoms with van der Waals surface area (Å²) in [6.07, 6.45) is 0. The van der Waals surface area contributed by atoms with Crippen molar-refractivity contribution in [1.29, 1.82) is 0 Å². The lowest BCUT2D eigenvalue weighted by Gasteiger charge is -2.13. The Morgan fingerprint density at radius 2 is 2.18 bits per heavy atom. The van der Waals surface area contributed by atoms with E-state index < -0.39 is 4.92 Å². The minimum atomic E-state index is -0.438. The number of nitro benzene ring substituents is 1. The maximum absolute atomic E-state index is 10.6. The van der Waals surface area contributed by atoms with Crippen LogP contribution in [0.15, 0.2) is 18.2 Å². The highest BCUT2D eigenvalue weighted by atomic mass is 16.6. The van der Waals surface area contributed by atoms with Crippen molar-refractivity contribution in [1.82, 2.24) is 4.90 Å². The van der Waals surface area contributed by atoms with E-state index in [0.29, 0.717) is 5.75 Å². The van der Waals surface area contributed by atoms with Gasteiger partial charge in [-0.05, 0) is 20.2 Å². The Labute approximate surface area is 100 Å². The molecule has 0 saturated carbocycles. The summed E-state index contributed by atoms with van der Waals surface area (Å²) in [7, 11) is 5.46.